The number of ether oxygens (including phenoxy) is 1. The van der Waals surface area contributed by atoms with E-state index in [-0.39, 0.29) is 29.9 Å². The van der Waals surface area contributed by atoms with Crippen molar-refractivity contribution in [2.24, 2.45) is 5.92 Å². The molecule has 1 saturated carbocycles. The second kappa shape index (κ2) is 6.71. The van der Waals surface area contributed by atoms with Crippen LogP contribution in [0.3, 0.4) is 0 Å². The summed E-state index contributed by atoms with van der Waals surface area (Å²) in [7, 11) is 1.68. The molecule has 5 rings (SSSR count). The van der Waals surface area contributed by atoms with Crippen LogP contribution in [0.5, 0.6) is 0 Å². The zero-order chi connectivity index (χ0) is 19.3. The highest BCUT2D eigenvalue weighted by molar-refractivity contribution is 5.86. The molecule has 2 fully saturated rings. The molecule has 2 aromatic carbocycles. The van der Waals surface area contributed by atoms with Gasteiger partial charge in [0.2, 0.25) is 17.7 Å². The number of rotatable bonds is 4. The molecule has 1 aliphatic carbocycles. The van der Waals surface area contributed by atoms with Gasteiger partial charge in [0.1, 0.15) is 6.04 Å². The summed E-state index contributed by atoms with van der Waals surface area (Å²) in [6.07, 6.45) is 1.58. The molecule has 6 nitrogen and oxygen atoms in total. The molecular formula is C22H23N3O3. The molecule has 2 aliphatic rings. The lowest BCUT2D eigenvalue weighted by atomic mass is 10.0. The predicted molar refractivity (Wildman–Crippen MR) is 104 cm³/mol. The predicted octanol–water partition coefficient (Wildman–Crippen LogP) is 3.62. The van der Waals surface area contributed by atoms with Crippen LogP contribution in [-0.4, -0.2) is 40.8 Å². The third-order valence-electron chi connectivity index (χ3n) is 6.02. The number of nitrogens with zero attached hydrogens (tertiary/aromatic N) is 3. The number of carbonyl (C=O) groups is 1. The first-order valence-corrected chi connectivity index (χ1v) is 9.76. The first-order chi connectivity index (χ1) is 13.6. The van der Waals surface area contributed by atoms with Crippen molar-refractivity contribution in [2.75, 3.05) is 13.7 Å². The lowest BCUT2D eigenvalue weighted by molar-refractivity contribution is -0.134. The van der Waals surface area contributed by atoms with E-state index >= 15 is 0 Å². The summed E-state index contributed by atoms with van der Waals surface area (Å²) in [4.78, 5) is 15.2. The number of aromatic nitrogens is 2. The Labute approximate surface area is 163 Å². The van der Waals surface area contributed by atoms with Crippen LogP contribution in [0.25, 0.3) is 10.8 Å². The van der Waals surface area contributed by atoms with E-state index in [4.69, 9.17) is 9.15 Å². The average Bonchev–Trinajstić information content (AvgIpc) is 3.21. The van der Waals surface area contributed by atoms with Crippen LogP contribution in [0.15, 0.2) is 46.9 Å². The van der Waals surface area contributed by atoms with E-state index < -0.39 is 0 Å². The van der Waals surface area contributed by atoms with Crippen molar-refractivity contribution in [1.82, 2.24) is 15.1 Å². The van der Waals surface area contributed by atoms with Crippen molar-refractivity contribution in [1.29, 1.82) is 0 Å². The van der Waals surface area contributed by atoms with Crippen molar-refractivity contribution in [3.05, 3.63) is 59.8 Å². The molecule has 2 heterocycles. The number of likely N-dealkylation sites (tertiary alicyclic amines) is 1. The van der Waals surface area contributed by atoms with Gasteiger partial charge >= 0.3 is 0 Å². The summed E-state index contributed by atoms with van der Waals surface area (Å²) in [6, 6.07) is 14.6. The number of benzene rings is 2. The Hall–Kier alpha value is -2.73. The van der Waals surface area contributed by atoms with Crippen LogP contribution in [0, 0.1) is 12.8 Å². The molecule has 1 amide bonds. The second-order valence-corrected chi connectivity index (χ2v) is 7.81. The normalized spacial score (nSPS) is 26.7. The summed E-state index contributed by atoms with van der Waals surface area (Å²) in [5.74, 6) is 1.49. The topological polar surface area (TPSA) is 68.5 Å². The van der Waals surface area contributed by atoms with Crippen LogP contribution in [-0.2, 0) is 9.53 Å². The minimum Gasteiger partial charge on any atom is -0.423 e. The van der Waals surface area contributed by atoms with Crippen molar-refractivity contribution in [3.63, 3.8) is 0 Å². The van der Waals surface area contributed by atoms with Gasteiger partial charge in [0, 0.05) is 32.9 Å². The Kier molecular flexibility index (Phi) is 4.16. The zero-order valence-corrected chi connectivity index (χ0v) is 16.0. The molecular weight excluding hydrogens is 354 g/mol. The summed E-state index contributed by atoms with van der Waals surface area (Å²) < 4.78 is 11.2. The summed E-state index contributed by atoms with van der Waals surface area (Å²) in [6.45, 7) is 2.34. The van der Waals surface area contributed by atoms with Gasteiger partial charge in [0.15, 0.2) is 0 Å². The highest BCUT2D eigenvalue weighted by Crippen LogP contribution is 2.50. The van der Waals surface area contributed by atoms with E-state index in [2.05, 4.69) is 40.5 Å². The maximum atomic E-state index is 13.3. The van der Waals surface area contributed by atoms with Crippen LogP contribution >= 0.6 is 0 Å². The van der Waals surface area contributed by atoms with Crippen LogP contribution in [0.2, 0.25) is 0 Å². The molecule has 3 aromatic rings. The molecule has 0 bridgehead atoms. The lowest BCUT2D eigenvalue weighted by Crippen LogP contribution is -2.33. The average molecular weight is 377 g/mol. The molecule has 1 aromatic heterocycles. The number of fused-ring (bicyclic) bond motifs is 1. The fourth-order valence-electron chi connectivity index (χ4n) is 4.38. The fraction of sp³-hybridized carbons (Fsp3) is 0.409. The van der Waals surface area contributed by atoms with Gasteiger partial charge in [-0.25, -0.2) is 0 Å². The van der Waals surface area contributed by atoms with Crippen LogP contribution in [0.4, 0.5) is 0 Å². The Morgan fingerprint density at radius 2 is 1.96 bits per heavy atom. The molecule has 144 valence electrons. The number of aryl methyl sites for hydroxylation is 1. The van der Waals surface area contributed by atoms with Crippen molar-refractivity contribution in [2.45, 2.75) is 37.8 Å². The largest absolute Gasteiger partial charge is 0.423 e. The molecule has 1 saturated heterocycles. The minimum absolute atomic E-state index is 0.000903. The Balaban J connectivity index is 1.36. The van der Waals surface area contributed by atoms with Gasteiger partial charge in [-0.1, -0.05) is 42.5 Å². The van der Waals surface area contributed by atoms with Gasteiger partial charge in [-0.2, -0.15) is 0 Å². The third kappa shape index (κ3) is 2.98. The molecule has 2 unspecified atom stereocenters. The maximum absolute atomic E-state index is 13.3. The SMILES string of the molecule is CO[C@H]1C[C@H](c2nnc(C)o2)N(C(=O)C2CC2c2ccc3ccccc3c2)C1. The number of hydrogen-bond donors (Lipinski definition) is 0. The quantitative estimate of drug-likeness (QED) is 0.695. The van der Waals surface area contributed by atoms with Crippen molar-refractivity contribution < 1.29 is 13.9 Å². The van der Waals surface area contributed by atoms with Gasteiger partial charge in [0.05, 0.1) is 6.10 Å². The van der Waals surface area contributed by atoms with E-state index in [0.717, 1.165) is 6.42 Å². The molecule has 1 aliphatic heterocycles. The molecule has 0 spiro atoms. The van der Waals surface area contributed by atoms with Gasteiger partial charge in [-0.05, 0) is 28.7 Å². The molecule has 0 N–H and O–H groups in total. The second-order valence-electron chi connectivity index (χ2n) is 7.81. The fourth-order valence-corrected chi connectivity index (χ4v) is 4.38. The summed E-state index contributed by atoms with van der Waals surface area (Å²) >= 11 is 0. The standard InChI is InChI=1S/C22H23N3O3/c1-13-23-24-21(28-13)20-10-17(27-2)12-25(20)22(26)19-11-18(19)16-8-7-14-5-3-4-6-15(14)9-16/h3-9,17-20H,10-12H2,1-2H3/t17-,18?,19?,20+/m0/s1. The number of hydrogen-bond acceptors (Lipinski definition) is 5. The first-order valence-electron chi connectivity index (χ1n) is 9.76. The Morgan fingerprint density at radius 1 is 1.14 bits per heavy atom. The van der Waals surface area contributed by atoms with Gasteiger partial charge in [0.25, 0.3) is 0 Å². The van der Waals surface area contributed by atoms with E-state index in [9.17, 15) is 4.79 Å². The first kappa shape index (κ1) is 17.4. The number of amides is 1. The van der Waals surface area contributed by atoms with E-state index in [1.54, 1.807) is 14.0 Å². The minimum atomic E-state index is -0.198. The van der Waals surface area contributed by atoms with Crippen molar-refractivity contribution in [3.8, 4) is 0 Å². The van der Waals surface area contributed by atoms with Crippen LogP contribution < -0.4 is 0 Å². The van der Waals surface area contributed by atoms with E-state index in [0.29, 0.717) is 24.7 Å². The third-order valence-corrected chi connectivity index (χ3v) is 6.02. The Bertz CT molecular complexity index is 1030. The summed E-state index contributed by atoms with van der Waals surface area (Å²) in [5, 5.41) is 10.5. The molecule has 0 radical (unpaired) electrons. The van der Waals surface area contributed by atoms with Crippen LogP contribution in [0.1, 0.15) is 42.1 Å². The number of methoxy groups -OCH3 is 1. The van der Waals surface area contributed by atoms with Gasteiger partial charge in [-0.3, -0.25) is 4.79 Å². The monoisotopic (exact) mass is 377 g/mol. The molecule has 4 atom stereocenters. The Morgan fingerprint density at radius 3 is 2.71 bits per heavy atom. The lowest BCUT2D eigenvalue weighted by Gasteiger charge is -2.22. The van der Waals surface area contributed by atoms with Gasteiger partial charge < -0.3 is 14.1 Å². The highest BCUT2D eigenvalue weighted by Gasteiger charge is 2.50. The smallest absolute Gasteiger partial charge is 0.239 e. The summed E-state index contributed by atoms with van der Waals surface area (Å²) in [5.41, 5.74) is 1.24. The molecule has 6 heteroatoms. The van der Waals surface area contributed by atoms with E-state index in [1.165, 1.54) is 16.3 Å². The zero-order valence-electron chi connectivity index (χ0n) is 16.0. The van der Waals surface area contributed by atoms with Crippen molar-refractivity contribution >= 4 is 16.7 Å². The number of carbonyl (C=O) groups excluding carboxylic acids is 1. The van der Waals surface area contributed by atoms with E-state index in [1.807, 2.05) is 17.0 Å². The maximum Gasteiger partial charge on any atom is 0.239 e. The van der Waals surface area contributed by atoms with Gasteiger partial charge in [-0.15, -0.1) is 10.2 Å². The highest BCUT2D eigenvalue weighted by atomic mass is 16.5. The molecule has 28 heavy (non-hydrogen) atoms.